The SMILES string of the molecule is C.CCC.Cc1cccc(C(C)(C)C)c1O. The zero-order valence-electron chi connectivity index (χ0n) is 10.9. The van der Waals surface area contributed by atoms with Crippen molar-refractivity contribution in [1.82, 2.24) is 0 Å². The molecule has 16 heavy (non-hydrogen) atoms. The Kier molecular flexibility index (Phi) is 7.97. The molecule has 0 bridgehead atoms. The van der Waals surface area contributed by atoms with Crippen LogP contribution in [0.4, 0.5) is 0 Å². The van der Waals surface area contributed by atoms with E-state index in [1.807, 2.05) is 25.1 Å². The lowest BCUT2D eigenvalue weighted by Gasteiger charge is -2.20. The second-order valence-electron chi connectivity index (χ2n) is 4.93. The van der Waals surface area contributed by atoms with Gasteiger partial charge in [0.05, 0.1) is 0 Å². The maximum Gasteiger partial charge on any atom is 0.122 e. The monoisotopic (exact) mass is 224 g/mol. The number of aromatic hydroxyl groups is 1. The van der Waals surface area contributed by atoms with Crippen LogP contribution >= 0.6 is 0 Å². The van der Waals surface area contributed by atoms with Gasteiger partial charge in [0.15, 0.2) is 0 Å². The standard InChI is InChI=1S/C11H16O.C3H8.CH4/c1-8-6-5-7-9(10(8)12)11(2,3)4;1-3-2;/h5-7,12H,1-4H3;3H2,1-2H3;1H4. The molecule has 0 aliphatic heterocycles. The van der Waals surface area contributed by atoms with Crippen LogP contribution in [0.5, 0.6) is 5.75 Å². The summed E-state index contributed by atoms with van der Waals surface area (Å²) in [7, 11) is 0. The predicted molar refractivity (Wildman–Crippen MR) is 74.2 cm³/mol. The largest absolute Gasteiger partial charge is 0.507 e. The third-order valence-electron chi connectivity index (χ3n) is 2.05. The van der Waals surface area contributed by atoms with Gasteiger partial charge in [0.1, 0.15) is 5.75 Å². The molecule has 0 saturated heterocycles. The zero-order valence-corrected chi connectivity index (χ0v) is 10.9. The van der Waals surface area contributed by atoms with Crippen molar-refractivity contribution in [1.29, 1.82) is 0 Å². The molecule has 1 heteroatoms. The van der Waals surface area contributed by atoms with Crippen LogP contribution in [0.25, 0.3) is 0 Å². The molecule has 0 aliphatic carbocycles. The normalized spacial score (nSPS) is 9.88. The molecule has 0 amide bonds. The molecule has 0 heterocycles. The van der Waals surface area contributed by atoms with Crippen LogP contribution in [0.2, 0.25) is 0 Å². The second kappa shape index (κ2) is 7.32. The van der Waals surface area contributed by atoms with Crippen LogP contribution in [0.1, 0.15) is 59.6 Å². The minimum absolute atomic E-state index is 0. The van der Waals surface area contributed by atoms with Crippen LogP contribution in [0.15, 0.2) is 18.2 Å². The zero-order chi connectivity index (χ0) is 12.1. The van der Waals surface area contributed by atoms with E-state index >= 15 is 0 Å². The average Bonchev–Trinajstić information content (AvgIpc) is 2.09. The molecule has 0 aliphatic rings. The van der Waals surface area contributed by atoms with E-state index in [2.05, 4.69) is 34.6 Å². The molecule has 1 N–H and O–H groups in total. The van der Waals surface area contributed by atoms with Gasteiger partial charge in [0, 0.05) is 0 Å². The summed E-state index contributed by atoms with van der Waals surface area (Å²) in [4.78, 5) is 0. The first-order valence-corrected chi connectivity index (χ1v) is 5.63. The van der Waals surface area contributed by atoms with Crippen molar-refractivity contribution in [2.24, 2.45) is 0 Å². The van der Waals surface area contributed by atoms with Gasteiger partial charge in [-0.2, -0.15) is 0 Å². The molecule has 0 fully saturated rings. The lowest BCUT2D eigenvalue weighted by Crippen LogP contribution is -2.11. The number of hydrogen-bond acceptors (Lipinski definition) is 1. The van der Waals surface area contributed by atoms with Gasteiger partial charge in [-0.1, -0.05) is 66.7 Å². The van der Waals surface area contributed by atoms with Gasteiger partial charge >= 0.3 is 0 Å². The van der Waals surface area contributed by atoms with Crippen molar-refractivity contribution in [3.05, 3.63) is 29.3 Å². The second-order valence-corrected chi connectivity index (χ2v) is 4.93. The molecule has 0 unspecified atom stereocenters. The number of aryl methyl sites for hydroxylation is 1. The minimum atomic E-state index is 0. The van der Waals surface area contributed by atoms with Crippen LogP contribution in [0, 0.1) is 6.92 Å². The van der Waals surface area contributed by atoms with E-state index < -0.39 is 0 Å². The van der Waals surface area contributed by atoms with Crippen LogP contribution < -0.4 is 0 Å². The Hall–Kier alpha value is -0.980. The summed E-state index contributed by atoms with van der Waals surface area (Å²) in [6.07, 6.45) is 1.25. The first kappa shape index (κ1) is 17.4. The minimum Gasteiger partial charge on any atom is -0.507 e. The highest BCUT2D eigenvalue weighted by molar-refractivity contribution is 5.43. The topological polar surface area (TPSA) is 20.2 Å². The van der Waals surface area contributed by atoms with E-state index in [0.717, 1.165) is 11.1 Å². The van der Waals surface area contributed by atoms with Gasteiger partial charge in [-0.05, 0) is 23.5 Å². The third kappa shape index (κ3) is 5.20. The van der Waals surface area contributed by atoms with Gasteiger partial charge in [-0.3, -0.25) is 0 Å². The van der Waals surface area contributed by atoms with Gasteiger partial charge < -0.3 is 5.11 Å². The Morgan fingerprint density at radius 1 is 1.12 bits per heavy atom. The van der Waals surface area contributed by atoms with E-state index in [1.54, 1.807) is 0 Å². The molecule has 1 aromatic carbocycles. The summed E-state index contributed by atoms with van der Waals surface area (Å²) in [6.45, 7) is 12.5. The number of benzene rings is 1. The lowest BCUT2D eigenvalue weighted by molar-refractivity contribution is 0.443. The highest BCUT2D eigenvalue weighted by Gasteiger charge is 2.18. The third-order valence-corrected chi connectivity index (χ3v) is 2.05. The van der Waals surface area contributed by atoms with Crippen molar-refractivity contribution in [2.45, 2.75) is 60.8 Å². The predicted octanol–water partition coefficient (Wildman–Crippen LogP) is 5.05. The highest BCUT2D eigenvalue weighted by atomic mass is 16.3. The van der Waals surface area contributed by atoms with Crippen molar-refractivity contribution >= 4 is 0 Å². The highest BCUT2D eigenvalue weighted by Crippen LogP contribution is 2.32. The number of hydrogen-bond donors (Lipinski definition) is 1. The quantitative estimate of drug-likeness (QED) is 0.653. The Balaban J connectivity index is 0. The Bertz CT molecular complexity index is 295. The lowest BCUT2D eigenvalue weighted by atomic mass is 9.85. The van der Waals surface area contributed by atoms with Gasteiger partial charge in [-0.25, -0.2) is 0 Å². The fourth-order valence-corrected chi connectivity index (χ4v) is 1.26. The summed E-state index contributed by atoms with van der Waals surface area (Å²) in [5.74, 6) is 0.435. The summed E-state index contributed by atoms with van der Waals surface area (Å²) < 4.78 is 0. The van der Waals surface area contributed by atoms with Crippen molar-refractivity contribution in [2.75, 3.05) is 0 Å². The summed E-state index contributed by atoms with van der Waals surface area (Å²) in [5.41, 5.74) is 1.99. The smallest absolute Gasteiger partial charge is 0.122 e. The average molecular weight is 224 g/mol. The molecule has 94 valence electrons. The molecule has 1 aromatic rings. The summed E-state index contributed by atoms with van der Waals surface area (Å²) >= 11 is 0. The van der Waals surface area contributed by atoms with E-state index in [9.17, 15) is 5.11 Å². The summed E-state index contributed by atoms with van der Waals surface area (Å²) in [5, 5.41) is 9.73. The first-order valence-electron chi connectivity index (χ1n) is 5.63. The Morgan fingerprint density at radius 3 is 1.88 bits per heavy atom. The fraction of sp³-hybridized carbons (Fsp3) is 0.600. The molecule has 0 atom stereocenters. The number of phenols is 1. The summed E-state index contributed by atoms with van der Waals surface area (Å²) in [6, 6.07) is 5.88. The van der Waals surface area contributed by atoms with E-state index in [0.29, 0.717) is 5.75 Å². The van der Waals surface area contributed by atoms with Crippen molar-refractivity contribution in [3.63, 3.8) is 0 Å². The molecule has 1 nitrogen and oxygen atoms in total. The molecular weight excluding hydrogens is 196 g/mol. The molecule has 0 saturated carbocycles. The van der Waals surface area contributed by atoms with Gasteiger partial charge in [0.2, 0.25) is 0 Å². The number of para-hydroxylation sites is 1. The number of rotatable bonds is 0. The molecule has 0 radical (unpaired) electrons. The van der Waals surface area contributed by atoms with Crippen LogP contribution in [-0.4, -0.2) is 5.11 Å². The van der Waals surface area contributed by atoms with Crippen LogP contribution in [-0.2, 0) is 5.41 Å². The fourth-order valence-electron chi connectivity index (χ4n) is 1.26. The Morgan fingerprint density at radius 2 is 1.56 bits per heavy atom. The number of phenolic OH excluding ortho intramolecular Hbond substituents is 1. The van der Waals surface area contributed by atoms with E-state index in [-0.39, 0.29) is 12.8 Å². The van der Waals surface area contributed by atoms with E-state index in [1.165, 1.54) is 6.42 Å². The molecule has 0 aromatic heterocycles. The van der Waals surface area contributed by atoms with Crippen molar-refractivity contribution in [3.8, 4) is 5.75 Å². The van der Waals surface area contributed by atoms with Crippen LogP contribution in [0.3, 0.4) is 0 Å². The maximum absolute atomic E-state index is 9.73. The van der Waals surface area contributed by atoms with Crippen molar-refractivity contribution < 1.29 is 5.11 Å². The first-order chi connectivity index (χ1) is 6.84. The Labute approximate surface area is 102 Å². The van der Waals surface area contributed by atoms with Gasteiger partial charge in [0.25, 0.3) is 0 Å². The van der Waals surface area contributed by atoms with E-state index in [4.69, 9.17) is 0 Å². The molecule has 1 rings (SSSR count). The molecule has 0 spiro atoms. The maximum atomic E-state index is 9.73. The van der Waals surface area contributed by atoms with Gasteiger partial charge in [-0.15, -0.1) is 0 Å². The molecular formula is C15H28O.